The lowest BCUT2D eigenvalue weighted by molar-refractivity contribution is -0.193. The normalized spacial score (nSPS) is 15.1. The molecule has 0 radical (unpaired) electrons. The Kier molecular flexibility index (Phi) is 38.9. The van der Waals surface area contributed by atoms with Crippen molar-refractivity contribution in [3.05, 3.63) is 54.1 Å². The Morgan fingerprint density at radius 3 is 1.47 bits per heavy atom. The van der Waals surface area contributed by atoms with Crippen molar-refractivity contribution in [2.24, 2.45) is 22.2 Å². The maximum atomic E-state index is 13.9. The number of rotatable bonds is 22. The van der Waals surface area contributed by atoms with Crippen LogP contribution in [0.1, 0.15) is 69.2 Å². The molecule has 0 bridgehead atoms. The highest BCUT2D eigenvalue weighted by molar-refractivity contribution is 6.18. The van der Waals surface area contributed by atoms with Gasteiger partial charge in [0, 0.05) is 71.9 Å². The summed E-state index contributed by atoms with van der Waals surface area (Å²) >= 11 is 0. The van der Waals surface area contributed by atoms with Crippen molar-refractivity contribution in [3.63, 3.8) is 0 Å². The van der Waals surface area contributed by atoms with E-state index in [0.717, 1.165) is 13.1 Å². The monoisotopic (exact) mass is 1490 g/mol. The van der Waals surface area contributed by atoms with Gasteiger partial charge in [0.05, 0.1) is 41.8 Å². The Hall–Kier alpha value is -9.70. The van der Waals surface area contributed by atoms with Crippen molar-refractivity contribution >= 4 is 94.2 Å². The fourth-order valence-electron chi connectivity index (χ4n) is 8.29. The zero-order valence-corrected chi connectivity index (χ0v) is 53.1. The molecule has 570 valence electrons. The molecule has 0 aromatic heterocycles. The number of aliphatic imine (C=N–C) groups is 1. The summed E-state index contributed by atoms with van der Waals surface area (Å²) < 4.78 is 159. The van der Waals surface area contributed by atoms with Crippen LogP contribution in [-0.4, -0.2) is 251 Å². The standard InChI is InChI=1S/C45H68N14O7.5C2HF3O2/c1-30(41(63)55-36(12-7-8-18-46)44(66)52-31(2)60)51-43(65)35(13-9-19-50-45(47)48)49-20-23-56-24-26-58(27-25-56)28-39(61)53-32-16-21-57(22-17-32)29-40(62)59-37-14-5-3-10-33(37)42(64)54-34-11-4-6-15-38(34)59;5*3-2(4,5)1(6)7/h3-6,10-11,14-15,30,32,35-36,49H,7-9,12-13,16-29,46H2,1-2H3,(H,51,65)(H,53,61)(H,54,64)(H,55,63)(H4,47,48,50)(H,52,60,66);5*(H,6,7)/t30-,35-,36-;;;;;/m0...../s1. The molecule has 101 heavy (non-hydrogen) atoms. The van der Waals surface area contributed by atoms with Crippen molar-refractivity contribution in [1.29, 1.82) is 0 Å². The number of nitrogens with two attached hydrogens (primary N) is 3. The number of carboxylic acids is 5. The van der Waals surface area contributed by atoms with Crippen molar-refractivity contribution < 1.29 is 149 Å². The van der Waals surface area contributed by atoms with Crippen molar-refractivity contribution in [2.75, 3.05) is 88.8 Å². The van der Waals surface area contributed by atoms with E-state index in [1.165, 1.54) is 13.8 Å². The van der Waals surface area contributed by atoms with Gasteiger partial charge >= 0.3 is 60.7 Å². The molecule has 0 unspecified atom stereocenters. The average molecular weight is 1490 g/mol. The van der Waals surface area contributed by atoms with Gasteiger partial charge in [0.15, 0.2) is 5.96 Å². The van der Waals surface area contributed by atoms with Gasteiger partial charge in [-0.15, -0.1) is 0 Å². The molecule has 7 amide bonds. The number of nitrogens with zero attached hydrogens (tertiary/aromatic N) is 5. The number of guanidine groups is 1. The molecular formula is C55H73F15N14O17. The summed E-state index contributed by atoms with van der Waals surface area (Å²) in [5.41, 5.74) is 18.7. The molecule has 2 aromatic rings. The van der Waals surface area contributed by atoms with Crippen LogP contribution in [-0.2, 0) is 52.7 Å². The first-order valence-electron chi connectivity index (χ1n) is 29.1. The van der Waals surface area contributed by atoms with Crippen LogP contribution in [0.3, 0.4) is 0 Å². The molecule has 31 nitrogen and oxygen atoms in total. The maximum absolute atomic E-state index is 13.9. The van der Waals surface area contributed by atoms with Crippen LogP contribution in [0.15, 0.2) is 53.5 Å². The minimum Gasteiger partial charge on any atom is -0.475 e. The van der Waals surface area contributed by atoms with E-state index >= 15 is 0 Å². The highest BCUT2D eigenvalue weighted by atomic mass is 19.4. The number of hydrogen-bond acceptors (Lipinski definition) is 18. The molecule has 0 saturated carbocycles. The van der Waals surface area contributed by atoms with Crippen molar-refractivity contribution in [2.45, 2.75) is 114 Å². The number of benzene rings is 2. The second-order valence-electron chi connectivity index (χ2n) is 21.0. The number of fused-ring (bicyclic) bond motifs is 2. The topological polar surface area (TPSA) is 482 Å². The van der Waals surface area contributed by atoms with E-state index in [2.05, 4.69) is 51.6 Å². The summed E-state index contributed by atoms with van der Waals surface area (Å²) in [5, 5.41) is 52.7. The molecule has 46 heteroatoms. The SMILES string of the molecule is CC(=O)NC(=O)[C@H](CCCCN)NC(=O)[C@H](C)NC(=O)[C@H](CCCN=C(N)N)NCCN1CCN(CC(=O)NC2CCN(CC(=O)N3c4ccccc4NC(=O)c4ccccc43)CC2)CC1.O=C(O)C(F)(F)F.O=C(O)C(F)(F)F.O=C(O)C(F)(F)F.O=C(O)C(F)(F)F.O=C(O)C(F)(F)F. The molecule has 2 fully saturated rings. The molecular weight excluding hydrogens is 1410 g/mol. The third-order valence-electron chi connectivity index (χ3n) is 13.1. The minimum atomic E-state index is -5.08. The van der Waals surface area contributed by atoms with Crippen molar-refractivity contribution in [1.82, 2.24) is 41.3 Å². The zero-order valence-electron chi connectivity index (χ0n) is 53.1. The molecule has 5 rings (SSSR count). The van der Waals surface area contributed by atoms with E-state index in [-0.39, 0.29) is 49.2 Å². The number of unbranched alkanes of at least 4 members (excludes halogenated alkanes) is 1. The van der Waals surface area contributed by atoms with Crippen LogP contribution >= 0.6 is 0 Å². The minimum absolute atomic E-state index is 0.00212. The van der Waals surface area contributed by atoms with Gasteiger partial charge in [-0.25, -0.2) is 24.0 Å². The van der Waals surface area contributed by atoms with Crippen LogP contribution in [0.4, 0.5) is 82.9 Å². The number of carbonyl (C=O) groups excluding carboxylic acids is 7. The molecule has 3 atom stereocenters. The number of likely N-dealkylation sites (tertiary alicyclic amines) is 1. The highest BCUT2D eigenvalue weighted by Gasteiger charge is 2.41. The number of piperidine rings is 1. The Morgan fingerprint density at radius 2 is 1.01 bits per heavy atom. The number of carboxylic acid groups (broad SMARTS) is 5. The number of halogens is 15. The van der Waals surface area contributed by atoms with Gasteiger partial charge in [0.1, 0.15) is 12.1 Å². The third kappa shape index (κ3) is 37.9. The maximum Gasteiger partial charge on any atom is 0.490 e. The van der Waals surface area contributed by atoms with E-state index in [0.29, 0.717) is 114 Å². The van der Waals surface area contributed by atoms with E-state index in [1.807, 2.05) is 24.3 Å². The van der Waals surface area contributed by atoms with Gasteiger partial charge in [-0.05, 0) is 82.7 Å². The number of nitrogens with one attached hydrogen (secondary N) is 6. The first kappa shape index (κ1) is 91.3. The van der Waals surface area contributed by atoms with Crippen LogP contribution < -0.4 is 54.0 Å². The van der Waals surface area contributed by atoms with Crippen LogP contribution in [0.25, 0.3) is 0 Å². The molecule has 0 spiro atoms. The molecule has 3 heterocycles. The highest BCUT2D eigenvalue weighted by Crippen LogP contribution is 2.38. The second kappa shape index (κ2) is 43.1. The number of imide groups is 1. The number of amides is 7. The van der Waals surface area contributed by atoms with Crippen LogP contribution in [0.5, 0.6) is 0 Å². The van der Waals surface area contributed by atoms with Crippen molar-refractivity contribution in [3.8, 4) is 0 Å². The first-order chi connectivity index (χ1) is 46.4. The fraction of sp³-hybridized carbons (Fsp3) is 0.545. The van der Waals surface area contributed by atoms with Gasteiger partial charge in [0.2, 0.25) is 35.4 Å². The van der Waals surface area contributed by atoms with Gasteiger partial charge in [-0.1, -0.05) is 24.3 Å². The second-order valence-corrected chi connectivity index (χ2v) is 21.0. The average Bonchev–Trinajstić information content (AvgIpc) is 1.67. The third-order valence-corrected chi connectivity index (χ3v) is 13.1. The van der Waals surface area contributed by atoms with E-state index < -0.39 is 102 Å². The number of aliphatic carboxylic acids is 5. The predicted molar refractivity (Wildman–Crippen MR) is 320 cm³/mol. The Morgan fingerprint density at radius 1 is 0.574 bits per heavy atom. The number of anilines is 3. The number of piperazine rings is 1. The largest absolute Gasteiger partial charge is 0.490 e. The Bertz CT molecular complexity index is 2980. The number of carbonyl (C=O) groups is 12. The number of hydrogen-bond donors (Lipinski definition) is 14. The summed E-state index contributed by atoms with van der Waals surface area (Å²) in [4.78, 5) is 147. The van der Waals surface area contributed by atoms with Gasteiger partial charge in [0.25, 0.3) is 5.91 Å². The summed E-state index contributed by atoms with van der Waals surface area (Å²) in [7, 11) is 0. The molecule has 3 aliphatic rings. The lowest BCUT2D eigenvalue weighted by atomic mass is 10.0. The van der Waals surface area contributed by atoms with E-state index in [9.17, 15) is 99.4 Å². The molecule has 3 aliphatic heterocycles. The molecule has 2 saturated heterocycles. The summed E-state index contributed by atoms with van der Waals surface area (Å²) in [5.74, 6) is -16.4. The van der Waals surface area contributed by atoms with Crippen LogP contribution in [0, 0.1) is 0 Å². The van der Waals surface area contributed by atoms with E-state index in [4.69, 9.17) is 66.7 Å². The smallest absolute Gasteiger partial charge is 0.475 e. The zero-order chi connectivity index (χ0) is 78.0. The lowest BCUT2D eigenvalue weighted by Gasteiger charge is -2.36. The Balaban J connectivity index is 0.00000232. The van der Waals surface area contributed by atoms with Gasteiger partial charge in [-0.2, -0.15) is 65.9 Å². The summed E-state index contributed by atoms with van der Waals surface area (Å²) in [6, 6.07) is 11.8. The molecule has 17 N–H and O–H groups in total. The number of alkyl halides is 15. The van der Waals surface area contributed by atoms with Gasteiger partial charge in [-0.3, -0.25) is 63.5 Å². The summed E-state index contributed by atoms with van der Waals surface area (Å²) in [6.07, 6.45) is -21.6. The molecule has 2 aromatic carbocycles. The van der Waals surface area contributed by atoms with E-state index in [1.54, 1.807) is 29.2 Å². The quantitative estimate of drug-likeness (QED) is 0.0347. The fourth-order valence-corrected chi connectivity index (χ4v) is 8.29. The predicted octanol–water partition coefficient (Wildman–Crippen LogP) is 2.07. The Labute approximate surface area is 562 Å². The molecule has 0 aliphatic carbocycles. The van der Waals surface area contributed by atoms with Gasteiger partial charge < -0.3 is 69.3 Å². The van der Waals surface area contributed by atoms with Crippen LogP contribution in [0.2, 0.25) is 0 Å². The number of para-hydroxylation sites is 3. The summed E-state index contributed by atoms with van der Waals surface area (Å²) in [6.45, 7) is 9.22. The lowest BCUT2D eigenvalue weighted by Crippen LogP contribution is -2.56. The first-order valence-corrected chi connectivity index (χ1v) is 29.1.